The van der Waals surface area contributed by atoms with Crippen molar-refractivity contribution in [2.45, 2.75) is 13.0 Å². The lowest BCUT2D eigenvalue weighted by Gasteiger charge is -2.07. The van der Waals surface area contributed by atoms with Gasteiger partial charge in [-0.05, 0) is 18.2 Å². The van der Waals surface area contributed by atoms with Crippen molar-refractivity contribution in [3.05, 3.63) is 41.0 Å². The quantitative estimate of drug-likeness (QED) is 0.885. The van der Waals surface area contributed by atoms with Gasteiger partial charge in [-0.15, -0.1) is 5.10 Å². The monoisotopic (exact) mass is 300 g/mol. The van der Waals surface area contributed by atoms with Gasteiger partial charge in [0.05, 0.1) is 12.1 Å². The van der Waals surface area contributed by atoms with Crippen molar-refractivity contribution >= 4 is 11.7 Å². The number of hydrogen-bond acceptors (Lipinski definition) is 4. The number of carboxylic acid groups (broad SMARTS) is 1. The molecule has 2 rings (SSSR count). The van der Waals surface area contributed by atoms with Gasteiger partial charge in [0.15, 0.2) is 0 Å². The lowest BCUT2D eigenvalue weighted by molar-refractivity contribution is 0.0696. The number of carbonyl (C=O) groups is 1. The third kappa shape index (κ3) is 3.30. The van der Waals surface area contributed by atoms with Crippen LogP contribution < -0.4 is 5.32 Å². The van der Waals surface area contributed by atoms with Crippen LogP contribution in [0.5, 0.6) is 0 Å². The molecule has 6 nitrogen and oxygen atoms in total. The predicted octanol–water partition coefficient (Wildman–Crippen LogP) is 2.20. The number of nitrogens with zero attached hydrogens (tertiary/aromatic N) is 3. The van der Waals surface area contributed by atoms with Crippen molar-refractivity contribution in [1.29, 1.82) is 0 Å². The molecule has 0 fully saturated rings. The summed E-state index contributed by atoms with van der Waals surface area (Å²) in [5.74, 6) is -2.03. The fourth-order valence-corrected chi connectivity index (χ4v) is 1.80. The molecule has 2 aromatic rings. The summed E-state index contributed by atoms with van der Waals surface area (Å²) in [6, 6.07) is 3.12. The Kier molecular flexibility index (Phi) is 4.10. The molecule has 0 radical (unpaired) electrons. The van der Waals surface area contributed by atoms with Crippen LogP contribution in [0.15, 0.2) is 18.2 Å². The Balaban J connectivity index is 2.19. The molecular formula is C12H11F3N4O2. The minimum absolute atomic E-state index is 0.00800. The van der Waals surface area contributed by atoms with Gasteiger partial charge in [-0.1, -0.05) is 5.21 Å². The highest BCUT2D eigenvalue weighted by Crippen LogP contribution is 2.22. The van der Waals surface area contributed by atoms with Crippen LogP contribution in [-0.2, 0) is 13.6 Å². The van der Waals surface area contributed by atoms with Gasteiger partial charge in [-0.2, -0.15) is 0 Å². The summed E-state index contributed by atoms with van der Waals surface area (Å²) in [6.45, 7) is -0.129. The van der Waals surface area contributed by atoms with Crippen LogP contribution in [0.2, 0.25) is 0 Å². The Bertz CT molecular complexity index is 673. The van der Waals surface area contributed by atoms with Crippen LogP contribution in [0, 0.1) is 5.82 Å². The second-order valence-corrected chi connectivity index (χ2v) is 4.23. The van der Waals surface area contributed by atoms with Gasteiger partial charge in [0, 0.05) is 12.7 Å². The van der Waals surface area contributed by atoms with E-state index >= 15 is 0 Å². The zero-order valence-corrected chi connectivity index (χ0v) is 10.8. The highest BCUT2D eigenvalue weighted by Gasteiger charge is 2.19. The Morgan fingerprint density at radius 2 is 2.14 bits per heavy atom. The highest BCUT2D eigenvalue weighted by molar-refractivity contribution is 5.88. The maximum atomic E-state index is 13.3. The molecule has 0 atom stereocenters. The van der Waals surface area contributed by atoms with E-state index in [1.807, 2.05) is 0 Å². The molecule has 2 N–H and O–H groups in total. The number of halogens is 3. The van der Waals surface area contributed by atoms with E-state index in [0.29, 0.717) is 0 Å². The van der Waals surface area contributed by atoms with Crippen molar-refractivity contribution in [3.8, 4) is 0 Å². The van der Waals surface area contributed by atoms with Gasteiger partial charge < -0.3 is 10.4 Å². The first-order valence-corrected chi connectivity index (χ1v) is 5.83. The van der Waals surface area contributed by atoms with Gasteiger partial charge in [-0.25, -0.2) is 22.6 Å². The van der Waals surface area contributed by atoms with Crippen molar-refractivity contribution < 1.29 is 23.1 Å². The summed E-state index contributed by atoms with van der Waals surface area (Å²) < 4.78 is 39.9. The number of nitrogens with one attached hydrogen (secondary N) is 1. The first-order valence-electron chi connectivity index (χ1n) is 5.83. The number of alkyl halides is 2. The third-order valence-electron chi connectivity index (χ3n) is 2.76. The number of aromatic nitrogens is 3. The molecule has 0 bridgehead atoms. The van der Waals surface area contributed by atoms with Gasteiger partial charge in [0.1, 0.15) is 17.2 Å². The van der Waals surface area contributed by atoms with E-state index in [4.69, 9.17) is 5.11 Å². The van der Waals surface area contributed by atoms with Gasteiger partial charge in [-0.3, -0.25) is 0 Å². The van der Waals surface area contributed by atoms with Gasteiger partial charge >= 0.3 is 5.97 Å². The molecule has 0 amide bonds. The molecule has 112 valence electrons. The lowest BCUT2D eigenvalue weighted by atomic mass is 10.2. The summed E-state index contributed by atoms with van der Waals surface area (Å²) in [6.07, 6.45) is -2.75. The van der Waals surface area contributed by atoms with Crippen LogP contribution in [0.3, 0.4) is 0 Å². The van der Waals surface area contributed by atoms with Crippen molar-refractivity contribution in [2.24, 2.45) is 7.05 Å². The number of hydrogen-bond donors (Lipinski definition) is 2. The zero-order valence-electron chi connectivity index (χ0n) is 10.8. The Morgan fingerprint density at radius 3 is 2.76 bits per heavy atom. The number of benzene rings is 1. The topological polar surface area (TPSA) is 80.0 Å². The van der Waals surface area contributed by atoms with Gasteiger partial charge in [0.2, 0.25) is 0 Å². The Morgan fingerprint density at radius 1 is 1.43 bits per heavy atom. The lowest BCUT2D eigenvalue weighted by Crippen LogP contribution is -2.07. The molecule has 9 heteroatoms. The Labute approximate surface area is 117 Å². The Hall–Kier alpha value is -2.58. The molecule has 0 saturated heterocycles. The molecule has 0 aliphatic carbocycles. The SMILES string of the molecule is Cn1nnc(CNc2cc(F)cc(C(=O)O)c2)c1C(F)F. The summed E-state index contributed by atoms with van der Waals surface area (Å²) in [7, 11) is 1.34. The minimum atomic E-state index is -2.75. The standard InChI is InChI=1S/C12H11F3N4O2/c1-19-10(11(14)15)9(17-18-19)5-16-8-3-6(12(20)21)2-7(13)4-8/h2-4,11,16H,5H2,1H3,(H,20,21). The van der Waals surface area contributed by atoms with Crippen LogP contribution >= 0.6 is 0 Å². The number of rotatable bonds is 5. The fourth-order valence-electron chi connectivity index (χ4n) is 1.80. The van der Waals surface area contributed by atoms with Crippen LogP contribution in [0.1, 0.15) is 28.2 Å². The second kappa shape index (κ2) is 5.81. The number of aryl methyl sites for hydroxylation is 1. The summed E-state index contributed by atoms with van der Waals surface area (Å²) in [4.78, 5) is 10.8. The maximum Gasteiger partial charge on any atom is 0.335 e. The van der Waals surface area contributed by atoms with Crippen molar-refractivity contribution in [1.82, 2.24) is 15.0 Å². The zero-order chi connectivity index (χ0) is 15.6. The fraction of sp³-hybridized carbons (Fsp3) is 0.250. The molecule has 0 aliphatic rings. The van der Waals surface area contributed by atoms with Crippen molar-refractivity contribution in [2.75, 3.05) is 5.32 Å². The van der Waals surface area contributed by atoms with E-state index < -0.39 is 18.2 Å². The average Bonchev–Trinajstić information content (AvgIpc) is 2.77. The van der Waals surface area contributed by atoms with Crippen LogP contribution in [-0.4, -0.2) is 26.1 Å². The molecule has 1 heterocycles. The molecule has 0 spiro atoms. The van der Waals surface area contributed by atoms with E-state index in [0.717, 1.165) is 16.8 Å². The molecule has 1 aromatic heterocycles. The second-order valence-electron chi connectivity index (χ2n) is 4.23. The number of aromatic carboxylic acids is 1. The summed E-state index contributed by atoms with van der Waals surface area (Å²) in [5.41, 5.74) is -0.435. The first kappa shape index (κ1) is 14.8. The first-order chi connectivity index (χ1) is 9.88. The molecule has 0 aliphatic heterocycles. The van der Waals surface area contributed by atoms with Crippen LogP contribution in [0.25, 0.3) is 0 Å². The molecule has 0 unspecified atom stereocenters. The van der Waals surface area contributed by atoms with E-state index in [-0.39, 0.29) is 29.2 Å². The highest BCUT2D eigenvalue weighted by atomic mass is 19.3. The van der Waals surface area contributed by atoms with Gasteiger partial charge in [0.25, 0.3) is 6.43 Å². The smallest absolute Gasteiger partial charge is 0.335 e. The predicted molar refractivity (Wildman–Crippen MR) is 66.6 cm³/mol. The minimum Gasteiger partial charge on any atom is -0.478 e. The normalized spacial score (nSPS) is 10.9. The summed E-state index contributed by atoms with van der Waals surface area (Å²) >= 11 is 0. The van der Waals surface area contributed by atoms with E-state index in [1.165, 1.54) is 13.1 Å². The van der Waals surface area contributed by atoms with Crippen molar-refractivity contribution in [3.63, 3.8) is 0 Å². The summed E-state index contributed by atoms with van der Waals surface area (Å²) in [5, 5.41) is 18.6. The molecule has 0 saturated carbocycles. The molecule has 21 heavy (non-hydrogen) atoms. The third-order valence-corrected chi connectivity index (χ3v) is 2.76. The molecular weight excluding hydrogens is 289 g/mol. The number of carboxylic acids is 1. The maximum absolute atomic E-state index is 13.3. The van der Waals surface area contributed by atoms with E-state index in [1.54, 1.807) is 0 Å². The number of anilines is 1. The van der Waals surface area contributed by atoms with E-state index in [2.05, 4.69) is 15.6 Å². The van der Waals surface area contributed by atoms with E-state index in [9.17, 15) is 18.0 Å². The average molecular weight is 300 g/mol. The largest absolute Gasteiger partial charge is 0.478 e. The van der Waals surface area contributed by atoms with Crippen LogP contribution in [0.4, 0.5) is 18.9 Å². The molecule has 1 aromatic carbocycles.